The summed E-state index contributed by atoms with van der Waals surface area (Å²) < 4.78 is 4.88. The first kappa shape index (κ1) is 12.0. The van der Waals surface area contributed by atoms with E-state index in [2.05, 4.69) is 0 Å². The van der Waals surface area contributed by atoms with Crippen LogP contribution in [0.4, 0.5) is 0 Å². The molecule has 0 unspecified atom stereocenters. The predicted octanol–water partition coefficient (Wildman–Crippen LogP) is 1.23. The zero-order valence-electron chi connectivity index (χ0n) is 8.77. The van der Waals surface area contributed by atoms with Gasteiger partial charge < -0.3 is 14.9 Å². The topological polar surface area (TPSA) is 83.8 Å². The second kappa shape index (κ2) is 5.16. The fourth-order valence-electron chi connectivity index (χ4n) is 1.36. The van der Waals surface area contributed by atoms with Crippen molar-refractivity contribution in [2.45, 2.75) is 12.8 Å². The molecule has 0 aliphatic carbocycles. The molecule has 0 atom stereocenters. The van der Waals surface area contributed by atoms with Crippen molar-refractivity contribution in [3.63, 3.8) is 0 Å². The fraction of sp³-hybridized carbons (Fsp3) is 0.273. The van der Waals surface area contributed by atoms with Crippen LogP contribution in [0, 0.1) is 0 Å². The number of hydrogen-bond acceptors (Lipinski definition) is 4. The molecule has 0 radical (unpaired) electrons. The van der Waals surface area contributed by atoms with Crippen LogP contribution in [0.1, 0.15) is 22.3 Å². The molecule has 16 heavy (non-hydrogen) atoms. The van der Waals surface area contributed by atoms with Gasteiger partial charge in [0.15, 0.2) is 11.5 Å². The van der Waals surface area contributed by atoms with E-state index in [9.17, 15) is 14.7 Å². The van der Waals surface area contributed by atoms with Crippen molar-refractivity contribution in [2.24, 2.45) is 0 Å². The lowest BCUT2D eigenvalue weighted by Gasteiger charge is -2.08. The van der Waals surface area contributed by atoms with Gasteiger partial charge in [0.25, 0.3) is 0 Å². The van der Waals surface area contributed by atoms with Gasteiger partial charge in [0.05, 0.1) is 7.11 Å². The first-order chi connectivity index (χ1) is 7.58. The number of phenols is 1. The van der Waals surface area contributed by atoms with E-state index in [0.717, 1.165) is 0 Å². The summed E-state index contributed by atoms with van der Waals surface area (Å²) in [4.78, 5) is 21.1. The lowest BCUT2D eigenvalue weighted by atomic mass is 10.0. The minimum absolute atomic E-state index is 0.0746. The van der Waals surface area contributed by atoms with Gasteiger partial charge in [0.2, 0.25) is 0 Å². The van der Waals surface area contributed by atoms with Crippen LogP contribution in [-0.4, -0.2) is 29.6 Å². The number of rotatable bonds is 5. The smallest absolute Gasteiger partial charge is 0.303 e. The van der Waals surface area contributed by atoms with E-state index in [1.165, 1.54) is 19.2 Å². The van der Waals surface area contributed by atoms with Crippen LogP contribution in [0.25, 0.3) is 0 Å². The molecule has 0 spiro atoms. The summed E-state index contributed by atoms with van der Waals surface area (Å²) in [5.74, 6) is -0.849. The van der Waals surface area contributed by atoms with Gasteiger partial charge in [-0.25, -0.2) is 0 Å². The predicted molar refractivity (Wildman–Crippen MR) is 56.0 cm³/mol. The lowest BCUT2D eigenvalue weighted by Crippen LogP contribution is -2.01. The molecule has 0 amide bonds. The molecule has 1 aromatic carbocycles. The minimum Gasteiger partial charge on any atom is -0.504 e. The summed E-state index contributed by atoms with van der Waals surface area (Å²) in [6, 6.07) is 2.74. The number of carbonyl (C=O) groups excluding carboxylic acids is 1. The molecular weight excluding hydrogens is 212 g/mol. The summed E-state index contributed by atoms with van der Waals surface area (Å²) >= 11 is 0. The molecule has 0 bridgehead atoms. The Morgan fingerprint density at radius 3 is 2.69 bits per heavy atom. The number of aliphatic carboxylic acids is 1. The number of aromatic hydroxyl groups is 1. The Labute approximate surface area is 92.3 Å². The molecule has 2 N–H and O–H groups in total. The highest BCUT2D eigenvalue weighted by atomic mass is 16.5. The maximum absolute atomic E-state index is 10.7. The maximum Gasteiger partial charge on any atom is 0.303 e. The van der Waals surface area contributed by atoms with Crippen LogP contribution >= 0.6 is 0 Å². The number of aryl methyl sites for hydroxylation is 1. The molecular formula is C11H12O5. The maximum atomic E-state index is 10.7. The average molecular weight is 224 g/mol. The molecule has 0 saturated carbocycles. The molecule has 5 nitrogen and oxygen atoms in total. The van der Waals surface area contributed by atoms with Crippen LogP contribution in [0.5, 0.6) is 11.5 Å². The van der Waals surface area contributed by atoms with E-state index in [4.69, 9.17) is 9.84 Å². The quantitative estimate of drug-likeness (QED) is 0.735. The number of ether oxygens (including phenoxy) is 1. The van der Waals surface area contributed by atoms with Gasteiger partial charge in [-0.05, 0) is 24.1 Å². The van der Waals surface area contributed by atoms with Crippen LogP contribution < -0.4 is 4.74 Å². The minimum atomic E-state index is -0.941. The van der Waals surface area contributed by atoms with Gasteiger partial charge in [-0.3, -0.25) is 9.59 Å². The molecule has 0 aliphatic rings. The number of methoxy groups -OCH3 is 1. The van der Waals surface area contributed by atoms with Crippen LogP contribution in [0.3, 0.4) is 0 Å². The number of carboxylic acid groups (broad SMARTS) is 1. The summed E-state index contributed by atoms with van der Waals surface area (Å²) in [5, 5.41) is 18.0. The SMILES string of the molecule is COc1cc(CCC(=O)O)c(C=O)cc1O. The molecule has 0 fully saturated rings. The second-order valence-corrected chi connectivity index (χ2v) is 3.23. The number of carboxylic acids is 1. The molecule has 5 heteroatoms. The van der Waals surface area contributed by atoms with Gasteiger partial charge >= 0.3 is 5.97 Å². The van der Waals surface area contributed by atoms with Gasteiger partial charge in [-0.1, -0.05) is 0 Å². The highest BCUT2D eigenvalue weighted by molar-refractivity contribution is 5.79. The zero-order valence-corrected chi connectivity index (χ0v) is 8.77. The van der Waals surface area contributed by atoms with Gasteiger partial charge in [0.1, 0.15) is 6.29 Å². The number of aldehydes is 1. The molecule has 86 valence electrons. The van der Waals surface area contributed by atoms with Crippen molar-refractivity contribution >= 4 is 12.3 Å². The average Bonchev–Trinajstić information content (AvgIpc) is 2.26. The second-order valence-electron chi connectivity index (χ2n) is 3.23. The van der Waals surface area contributed by atoms with Crippen molar-refractivity contribution in [3.8, 4) is 11.5 Å². The third-order valence-electron chi connectivity index (χ3n) is 2.18. The van der Waals surface area contributed by atoms with Crippen molar-refractivity contribution in [3.05, 3.63) is 23.3 Å². The first-order valence-corrected chi connectivity index (χ1v) is 4.65. The Kier molecular flexibility index (Phi) is 3.88. The van der Waals surface area contributed by atoms with Crippen LogP contribution in [0.15, 0.2) is 12.1 Å². The van der Waals surface area contributed by atoms with Gasteiger partial charge in [-0.15, -0.1) is 0 Å². The van der Waals surface area contributed by atoms with E-state index in [1.54, 1.807) is 0 Å². The summed E-state index contributed by atoms with van der Waals surface area (Å²) in [6.45, 7) is 0. The zero-order chi connectivity index (χ0) is 12.1. The summed E-state index contributed by atoms with van der Waals surface area (Å²) in [7, 11) is 1.39. The Balaban J connectivity index is 3.04. The van der Waals surface area contributed by atoms with E-state index in [1.807, 2.05) is 0 Å². The third kappa shape index (κ3) is 2.73. The number of hydrogen-bond donors (Lipinski definition) is 2. The molecule has 0 saturated heterocycles. The monoisotopic (exact) mass is 224 g/mol. The highest BCUT2D eigenvalue weighted by Crippen LogP contribution is 2.29. The van der Waals surface area contributed by atoms with Crippen molar-refractivity contribution in [1.29, 1.82) is 0 Å². The molecule has 0 heterocycles. The molecule has 1 aromatic rings. The number of carbonyl (C=O) groups is 2. The van der Waals surface area contributed by atoms with E-state index in [0.29, 0.717) is 11.8 Å². The van der Waals surface area contributed by atoms with Crippen molar-refractivity contribution in [2.75, 3.05) is 7.11 Å². The van der Waals surface area contributed by atoms with Crippen molar-refractivity contribution < 1.29 is 24.5 Å². The van der Waals surface area contributed by atoms with Gasteiger partial charge in [0, 0.05) is 12.0 Å². The summed E-state index contributed by atoms with van der Waals surface area (Å²) in [6.07, 6.45) is 0.727. The molecule has 0 aromatic heterocycles. The Hall–Kier alpha value is -2.04. The van der Waals surface area contributed by atoms with Gasteiger partial charge in [-0.2, -0.15) is 0 Å². The van der Waals surface area contributed by atoms with Crippen LogP contribution in [-0.2, 0) is 11.2 Å². The fourth-order valence-corrected chi connectivity index (χ4v) is 1.36. The highest BCUT2D eigenvalue weighted by Gasteiger charge is 2.10. The Morgan fingerprint density at radius 1 is 1.50 bits per heavy atom. The lowest BCUT2D eigenvalue weighted by molar-refractivity contribution is -0.136. The van der Waals surface area contributed by atoms with E-state index in [-0.39, 0.29) is 29.9 Å². The van der Waals surface area contributed by atoms with Crippen molar-refractivity contribution in [1.82, 2.24) is 0 Å². The third-order valence-corrected chi connectivity index (χ3v) is 2.18. The number of benzene rings is 1. The normalized spacial score (nSPS) is 9.81. The summed E-state index contributed by atoms with van der Waals surface area (Å²) in [5.41, 5.74) is 0.826. The molecule has 0 aliphatic heterocycles. The Bertz CT molecular complexity index is 411. The Morgan fingerprint density at radius 2 is 2.19 bits per heavy atom. The number of phenolic OH excluding ortho intramolecular Hbond substituents is 1. The standard InChI is InChI=1S/C11H12O5/c1-16-10-5-7(2-3-11(14)15)8(6-12)4-9(10)13/h4-6,13H,2-3H2,1H3,(H,14,15). The first-order valence-electron chi connectivity index (χ1n) is 4.65. The van der Waals surface area contributed by atoms with E-state index >= 15 is 0 Å². The molecule has 1 rings (SSSR count). The largest absolute Gasteiger partial charge is 0.504 e. The van der Waals surface area contributed by atoms with E-state index < -0.39 is 5.97 Å². The van der Waals surface area contributed by atoms with Crippen LogP contribution in [0.2, 0.25) is 0 Å².